The first-order valence-corrected chi connectivity index (χ1v) is 9.35. The summed E-state index contributed by atoms with van der Waals surface area (Å²) < 4.78 is 1.70. The van der Waals surface area contributed by atoms with Crippen LogP contribution in [0.4, 0.5) is 17.3 Å². The minimum atomic E-state index is 0.541. The minimum absolute atomic E-state index is 0.541. The van der Waals surface area contributed by atoms with Crippen molar-refractivity contribution < 1.29 is 0 Å². The average Bonchev–Trinajstić information content (AvgIpc) is 3.16. The van der Waals surface area contributed by atoms with Gasteiger partial charge in [-0.15, -0.1) is 5.10 Å². The van der Waals surface area contributed by atoms with Crippen LogP contribution in [0.15, 0.2) is 48.8 Å². The van der Waals surface area contributed by atoms with Crippen molar-refractivity contribution in [2.45, 2.75) is 6.92 Å². The Labute approximate surface area is 164 Å². The number of anilines is 3. The Morgan fingerprint density at radius 3 is 2.46 bits per heavy atom. The van der Waals surface area contributed by atoms with Crippen molar-refractivity contribution in [1.82, 2.24) is 19.7 Å². The normalized spacial score (nSPS) is 14.7. The molecule has 1 aliphatic rings. The van der Waals surface area contributed by atoms with Gasteiger partial charge < -0.3 is 15.1 Å². The Hall–Kier alpha value is -3.37. The maximum Gasteiger partial charge on any atom is 0.246 e. The first-order valence-electron chi connectivity index (χ1n) is 9.35. The van der Waals surface area contributed by atoms with Gasteiger partial charge in [-0.3, -0.25) is 0 Å². The molecule has 28 heavy (non-hydrogen) atoms. The van der Waals surface area contributed by atoms with Crippen molar-refractivity contribution >= 4 is 17.3 Å². The quantitative estimate of drug-likeness (QED) is 0.758. The summed E-state index contributed by atoms with van der Waals surface area (Å²) in [5.74, 6) is 0.541. The maximum absolute atomic E-state index is 8.92. The number of aromatic nitrogens is 3. The monoisotopic (exact) mass is 373 g/mol. The summed E-state index contributed by atoms with van der Waals surface area (Å²) in [6.07, 6.45) is 1.67. The molecule has 0 atom stereocenters. The third-order valence-corrected chi connectivity index (χ3v) is 4.94. The zero-order chi connectivity index (χ0) is 19.5. The second kappa shape index (κ2) is 7.71. The molecule has 0 saturated carbocycles. The lowest BCUT2D eigenvalue weighted by atomic mass is 10.1. The van der Waals surface area contributed by atoms with Crippen LogP contribution in [-0.2, 0) is 0 Å². The first-order chi connectivity index (χ1) is 13.6. The fourth-order valence-corrected chi connectivity index (χ4v) is 3.34. The van der Waals surface area contributed by atoms with Gasteiger partial charge in [0.15, 0.2) is 0 Å². The van der Waals surface area contributed by atoms with Crippen LogP contribution < -0.4 is 10.2 Å². The zero-order valence-corrected chi connectivity index (χ0v) is 16.1. The molecule has 2 heterocycles. The lowest BCUT2D eigenvalue weighted by Crippen LogP contribution is -2.44. The van der Waals surface area contributed by atoms with Crippen molar-refractivity contribution in [3.63, 3.8) is 0 Å². The Morgan fingerprint density at radius 1 is 1.00 bits per heavy atom. The number of piperazine rings is 1. The van der Waals surface area contributed by atoms with Crippen LogP contribution in [0.5, 0.6) is 0 Å². The van der Waals surface area contributed by atoms with E-state index in [1.807, 2.05) is 12.1 Å². The van der Waals surface area contributed by atoms with Crippen molar-refractivity contribution in [1.29, 1.82) is 5.26 Å². The molecule has 1 N–H and O–H groups in total. The summed E-state index contributed by atoms with van der Waals surface area (Å²) in [5.41, 5.74) is 4.89. The number of hydrogen-bond donors (Lipinski definition) is 1. The van der Waals surface area contributed by atoms with Crippen LogP contribution in [-0.4, -0.2) is 52.9 Å². The fourth-order valence-electron chi connectivity index (χ4n) is 3.34. The third kappa shape index (κ3) is 3.97. The lowest BCUT2D eigenvalue weighted by molar-refractivity contribution is 0.313. The highest BCUT2D eigenvalue weighted by atomic mass is 15.4. The van der Waals surface area contributed by atoms with E-state index in [0.717, 1.165) is 37.6 Å². The molecule has 2 aromatic carbocycles. The number of nitrogens with one attached hydrogen (secondary N) is 1. The van der Waals surface area contributed by atoms with E-state index in [0.29, 0.717) is 11.5 Å². The summed E-state index contributed by atoms with van der Waals surface area (Å²) in [6.45, 7) is 6.32. The van der Waals surface area contributed by atoms with Gasteiger partial charge in [0.25, 0.3) is 0 Å². The Bertz CT molecular complexity index is 992. The lowest BCUT2D eigenvalue weighted by Gasteiger charge is -2.34. The van der Waals surface area contributed by atoms with E-state index in [4.69, 9.17) is 5.26 Å². The number of likely N-dealkylation sites (N-methyl/N-ethyl adjacent to an activating group) is 1. The molecule has 7 heteroatoms. The molecule has 1 saturated heterocycles. The van der Waals surface area contributed by atoms with Gasteiger partial charge in [0, 0.05) is 37.6 Å². The van der Waals surface area contributed by atoms with Crippen molar-refractivity contribution in [3.8, 4) is 11.8 Å². The van der Waals surface area contributed by atoms with E-state index >= 15 is 0 Å². The van der Waals surface area contributed by atoms with Crippen molar-refractivity contribution in [2.24, 2.45) is 0 Å². The summed E-state index contributed by atoms with van der Waals surface area (Å²) in [5, 5.41) is 16.7. The Morgan fingerprint density at radius 2 is 1.75 bits per heavy atom. The molecule has 0 spiro atoms. The van der Waals surface area contributed by atoms with E-state index in [1.54, 1.807) is 23.1 Å². The van der Waals surface area contributed by atoms with E-state index in [-0.39, 0.29) is 0 Å². The van der Waals surface area contributed by atoms with E-state index in [1.165, 1.54) is 11.3 Å². The van der Waals surface area contributed by atoms with Crippen LogP contribution in [0.2, 0.25) is 0 Å². The third-order valence-electron chi connectivity index (χ3n) is 4.94. The molecular formula is C21H23N7. The van der Waals surface area contributed by atoms with Crippen LogP contribution >= 0.6 is 0 Å². The van der Waals surface area contributed by atoms with Crippen molar-refractivity contribution in [3.05, 3.63) is 59.9 Å². The van der Waals surface area contributed by atoms with Gasteiger partial charge in [-0.2, -0.15) is 10.2 Å². The summed E-state index contributed by atoms with van der Waals surface area (Å²) in [6, 6.07) is 15.8. The second-order valence-electron chi connectivity index (χ2n) is 7.14. The van der Waals surface area contributed by atoms with Crippen LogP contribution in [0.3, 0.4) is 0 Å². The van der Waals surface area contributed by atoms with Gasteiger partial charge in [0.2, 0.25) is 5.95 Å². The highest BCUT2D eigenvalue weighted by Crippen LogP contribution is 2.25. The van der Waals surface area contributed by atoms with Gasteiger partial charge in [-0.25, -0.2) is 4.68 Å². The Balaban J connectivity index is 1.51. The van der Waals surface area contributed by atoms with Crippen LogP contribution in [0, 0.1) is 18.3 Å². The van der Waals surface area contributed by atoms with Gasteiger partial charge >= 0.3 is 0 Å². The highest BCUT2D eigenvalue weighted by Gasteiger charge is 2.15. The molecule has 1 fully saturated rings. The smallest absolute Gasteiger partial charge is 0.246 e. The standard InChI is InChI=1S/C21H23N7/c1-16-11-18(13-20(12-16)27-9-7-26(2)8-10-27)24-21-23-15-28(25-21)19-5-3-17(14-22)4-6-19/h3-6,11-13,15H,7-10H2,1-2H3,(H,24,25). The zero-order valence-electron chi connectivity index (χ0n) is 16.1. The summed E-state index contributed by atoms with van der Waals surface area (Å²) in [7, 11) is 2.16. The Kier molecular flexibility index (Phi) is 4.96. The molecule has 1 aliphatic heterocycles. The number of aryl methyl sites for hydroxylation is 1. The molecule has 0 aliphatic carbocycles. The number of nitrogens with zero attached hydrogens (tertiary/aromatic N) is 6. The summed E-state index contributed by atoms with van der Waals surface area (Å²) >= 11 is 0. The van der Waals surface area contributed by atoms with Gasteiger partial charge in [-0.1, -0.05) is 0 Å². The summed E-state index contributed by atoms with van der Waals surface area (Å²) in [4.78, 5) is 9.14. The number of rotatable bonds is 4. The molecule has 1 aromatic heterocycles. The molecule has 0 radical (unpaired) electrons. The molecule has 0 amide bonds. The fraction of sp³-hybridized carbons (Fsp3) is 0.286. The number of benzene rings is 2. The van der Waals surface area contributed by atoms with E-state index in [2.05, 4.69) is 63.4 Å². The molecule has 0 unspecified atom stereocenters. The topological polar surface area (TPSA) is 73.0 Å². The predicted molar refractivity (Wildman–Crippen MR) is 110 cm³/mol. The molecular weight excluding hydrogens is 350 g/mol. The first kappa shape index (κ1) is 18.0. The maximum atomic E-state index is 8.92. The SMILES string of the molecule is Cc1cc(Nc2ncn(-c3ccc(C#N)cc3)n2)cc(N2CCN(C)CC2)c1. The number of nitriles is 1. The number of hydrogen-bond acceptors (Lipinski definition) is 6. The predicted octanol–water partition coefficient (Wildman–Crippen LogP) is 2.94. The van der Waals surface area contributed by atoms with Crippen LogP contribution in [0.1, 0.15) is 11.1 Å². The molecule has 142 valence electrons. The largest absolute Gasteiger partial charge is 0.369 e. The molecule has 3 aromatic rings. The van der Waals surface area contributed by atoms with Crippen LogP contribution in [0.25, 0.3) is 5.69 Å². The van der Waals surface area contributed by atoms with Gasteiger partial charge in [-0.05, 0) is 62.0 Å². The molecule has 7 nitrogen and oxygen atoms in total. The van der Waals surface area contributed by atoms with Gasteiger partial charge in [0.05, 0.1) is 17.3 Å². The van der Waals surface area contributed by atoms with E-state index in [9.17, 15) is 0 Å². The van der Waals surface area contributed by atoms with Crippen molar-refractivity contribution in [2.75, 3.05) is 43.4 Å². The highest BCUT2D eigenvalue weighted by molar-refractivity contribution is 5.64. The van der Waals surface area contributed by atoms with E-state index < -0.39 is 0 Å². The second-order valence-corrected chi connectivity index (χ2v) is 7.14. The minimum Gasteiger partial charge on any atom is -0.369 e. The van der Waals surface area contributed by atoms with Gasteiger partial charge in [0.1, 0.15) is 6.33 Å². The molecule has 4 rings (SSSR count). The average molecular weight is 373 g/mol. The molecule has 0 bridgehead atoms.